The summed E-state index contributed by atoms with van der Waals surface area (Å²) >= 11 is 15.9. The average molecular weight is 375 g/mol. The Kier molecular flexibility index (Phi) is 5.33. The van der Waals surface area contributed by atoms with Crippen molar-refractivity contribution in [3.63, 3.8) is 0 Å². The fourth-order valence-electron chi connectivity index (χ4n) is 2.15. The molecule has 0 aromatic heterocycles. The van der Waals surface area contributed by atoms with Gasteiger partial charge in [0, 0.05) is 20.1 Å². The van der Waals surface area contributed by atoms with E-state index in [-0.39, 0.29) is 6.04 Å². The second kappa shape index (κ2) is 6.81. The van der Waals surface area contributed by atoms with E-state index in [1.807, 2.05) is 31.3 Å². The summed E-state index contributed by atoms with van der Waals surface area (Å²) in [6.07, 6.45) is 0. The Morgan fingerprint density at radius 2 is 1.85 bits per heavy atom. The van der Waals surface area contributed by atoms with Crippen LogP contribution in [0.25, 0.3) is 0 Å². The molecule has 0 fully saturated rings. The first kappa shape index (κ1) is 15.6. The van der Waals surface area contributed by atoms with Crippen molar-refractivity contribution in [2.24, 2.45) is 0 Å². The van der Waals surface area contributed by atoms with Gasteiger partial charge in [-0.2, -0.15) is 0 Å². The van der Waals surface area contributed by atoms with Crippen molar-refractivity contribution >= 4 is 39.1 Å². The zero-order chi connectivity index (χ0) is 14.7. The lowest BCUT2D eigenvalue weighted by atomic mass is 9.98. The quantitative estimate of drug-likeness (QED) is 0.806. The van der Waals surface area contributed by atoms with E-state index < -0.39 is 0 Å². The van der Waals surface area contributed by atoms with E-state index >= 15 is 0 Å². The molecule has 0 saturated heterocycles. The molecule has 0 bridgehead atoms. The predicted octanol–water partition coefficient (Wildman–Crippen LogP) is 5.07. The molecule has 2 rings (SSSR count). The van der Waals surface area contributed by atoms with Crippen molar-refractivity contribution in [1.29, 1.82) is 0 Å². The number of nitrogens with one attached hydrogen (secondary N) is 1. The molecule has 1 atom stereocenters. The van der Waals surface area contributed by atoms with Gasteiger partial charge in [-0.25, -0.2) is 0 Å². The highest BCUT2D eigenvalue weighted by atomic mass is 79.9. The molecule has 2 nitrogen and oxygen atoms in total. The van der Waals surface area contributed by atoms with Crippen LogP contribution in [0.2, 0.25) is 10.0 Å². The zero-order valence-corrected chi connectivity index (χ0v) is 14.2. The number of halogens is 3. The third-order valence-corrected chi connectivity index (χ3v) is 4.13. The molecule has 5 heteroatoms. The van der Waals surface area contributed by atoms with Crippen LogP contribution in [0.1, 0.15) is 17.2 Å². The highest BCUT2D eigenvalue weighted by molar-refractivity contribution is 9.10. The summed E-state index contributed by atoms with van der Waals surface area (Å²) in [5.41, 5.74) is 1.91. The van der Waals surface area contributed by atoms with Crippen LogP contribution in [-0.4, -0.2) is 14.2 Å². The predicted molar refractivity (Wildman–Crippen MR) is 88.1 cm³/mol. The Bertz CT molecular complexity index is 619. The van der Waals surface area contributed by atoms with E-state index in [0.717, 1.165) is 21.3 Å². The van der Waals surface area contributed by atoms with E-state index in [1.165, 1.54) is 0 Å². The molecule has 0 heterocycles. The Balaban J connectivity index is 2.57. The molecule has 106 valence electrons. The van der Waals surface area contributed by atoms with Crippen LogP contribution >= 0.6 is 39.1 Å². The average Bonchev–Trinajstić information content (AvgIpc) is 2.44. The number of ether oxygens (including phenoxy) is 1. The summed E-state index contributed by atoms with van der Waals surface area (Å²) in [6, 6.07) is 11.2. The molecule has 0 saturated carbocycles. The van der Waals surface area contributed by atoms with Gasteiger partial charge in [0.25, 0.3) is 0 Å². The first-order valence-electron chi connectivity index (χ1n) is 6.02. The fraction of sp³-hybridized carbons (Fsp3) is 0.200. The standard InChI is InChI=1S/C15H14BrCl2NO/c1-19-15(11-8-10(17)4-5-13(11)18)12-7-9(16)3-6-14(12)20-2/h3-8,15,19H,1-2H3. The molecule has 0 aliphatic rings. The van der Waals surface area contributed by atoms with E-state index in [4.69, 9.17) is 27.9 Å². The maximum atomic E-state index is 6.30. The molecule has 1 N–H and O–H groups in total. The maximum Gasteiger partial charge on any atom is 0.124 e. The number of methoxy groups -OCH3 is 1. The number of benzene rings is 2. The Hall–Kier alpha value is -0.740. The Labute approximate surface area is 137 Å². The summed E-state index contributed by atoms with van der Waals surface area (Å²) in [7, 11) is 3.53. The van der Waals surface area contributed by atoms with Crippen molar-refractivity contribution in [3.8, 4) is 5.75 Å². The van der Waals surface area contributed by atoms with Crippen molar-refractivity contribution < 1.29 is 4.74 Å². The molecule has 0 radical (unpaired) electrons. The van der Waals surface area contributed by atoms with Crippen LogP contribution in [0.3, 0.4) is 0 Å². The van der Waals surface area contributed by atoms with Gasteiger partial charge in [0.1, 0.15) is 5.75 Å². The first-order valence-corrected chi connectivity index (χ1v) is 7.57. The molecule has 0 aliphatic heterocycles. The molecule has 20 heavy (non-hydrogen) atoms. The highest BCUT2D eigenvalue weighted by Crippen LogP contribution is 2.36. The maximum absolute atomic E-state index is 6.30. The smallest absolute Gasteiger partial charge is 0.124 e. The minimum atomic E-state index is -0.103. The lowest BCUT2D eigenvalue weighted by Gasteiger charge is -2.21. The molecular formula is C15H14BrCl2NO. The number of hydrogen-bond acceptors (Lipinski definition) is 2. The van der Waals surface area contributed by atoms with Gasteiger partial charge < -0.3 is 10.1 Å². The van der Waals surface area contributed by atoms with Gasteiger partial charge in [-0.3, -0.25) is 0 Å². The topological polar surface area (TPSA) is 21.3 Å². The van der Waals surface area contributed by atoms with Gasteiger partial charge in [-0.1, -0.05) is 39.1 Å². The van der Waals surface area contributed by atoms with Crippen LogP contribution in [0.5, 0.6) is 5.75 Å². The normalized spacial score (nSPS) is 12.2. The zero-order valence-electron chi connectivity index (χ0n) is 11.1. The van der Waals surface area contributed by atoms with Crippen molar-refractivity contribution in [1.82, 2.24) is 5.32 Å². The minimum Gasteiger partial charge on any atom is -0.496 e. The van der Waals surface area contributed by atoms with Crippen molar-refractivity contribution in [2.75, 3.05) is 14.2 Å². The van der Waals surface area contributed by atoms with Crippen LogP contribution in [-0.2, 0) is 0 Å². The number of hydrogen-bond donors (Lipinski definition) is 1. The van der Waals surface area contributed by atoms with Crippen LogP contribution in [0, 0.1) is 0 Å². The summed E-state index contributed by atoms with van der Waals surface area (Å²) in [5.74, 6) is 0.795. The van der Waals surface area contributed by atoms with Crippen LogP contribution < -0.4 is 10.1 Å². The number of rotatable bonds is 4. The third kappa shape index (κ3) is 3.29. The summed E-state index contributed by atoms with van der Waals surface area (Å²) in [5, 5.41) is 4.57. The monoisotopic (exact) mass is 373 g/mol. The van der Waals surface area contributed by atoms with E-state index in [2.05, 4.69) is 21.2 Å². The molecule has 0 aliphatic carbocycles. The van der Waals surface area contributed by atoms with Gasteiger partial charge in [0.05, 0.1) is 13.2 Å². The molecule has 0 amide bonds. The molecule has 0 spiro atoms. The van der Waals surface area contributed by atoms with Gasteiger partial charge in [-0.15, -0.1) is 0 Å². The third-order valence-electron chi connectivity index (χ3n) is 3.06. The van der Waals surface area contributed by atoms with Crippen LogP contribution in [0.15, 0.2) is 40.9 Å². The Morgan fingerprint density at radius 1 is 1.10 bits per heavy atom. The van der Waals surface area contributed by atoms with Gasteiger partial charge in [0.2, 0.25) is 0 Å². The SMILES string of the molecule is CNC(c1cc(Cl)ccc1Cl)c1cc(Br)ccc1OC. The van der Waals surface area contributed by atoms with Gasteiger partial charge >= 0.3 is 0 Å². The van der Waals surface area contributed by atoms with Gasteiger partial charge in [-0.05, 0) is 49.0 Å². The molecule has 2 aromatic carbocycles. The molecule has 2 aromatic rings. The van der Waals surface area contributed by atoms with Crippen LogP contribution in [0.4, 0.5) is 0 Å². The van der Waals surface area contributed by atoms with Crippen molar-refractivity contribution in [2.45, 2.75) is 6.04 Å². The fourth-order valence-corrected chi connectivity index (χ4v) is 2.93. The van der Waals surface area contributed by atoms with E-state index in [9.17, 15) is 0 Å². The Morgan fingerprint density at radius 3 is 2.50 bits per heavy atom. The lowest BCUT2D eigenvalue weighted by Crippen LogP contribution is -2.19. The minimum absolute atomic E-state index is 0.103. The lowest BCUT2D eigenvalue weighted by molar-refractivity contribution is 0.405. The second-order valence-corrected chi connectivity index (χ2v) is 6.03. The van der Waals surface area contributed by atoms with E-state index in [1.54, 1.807) is 19.2 Å². The summed E-state index contributed by atoms with van der Waals surface area (Å²) < 4.78 is 6.42. The first-order chi connectivity index (χ1) is 9.56. The van der Waals surface area contributed by atoms with Crippen molar-refractivity contribution in [3.05, 3.63) is 62.0 Å². The van der Waals surface area contributed by atoms with E-state index in [0.29, 0.717) is 10.0 Å². The summed E-state index contributed by atoms with van der Waals surface area (Å²) in [6.45, 7) is 0. The highest BCUT2D eigenvalue weighted by Gasteiger charge is 2.19. The molecule has 1 unspecified atom stereocenters. The van der Waals surface area contributed by atoms with Gasteiger partial charge in [0.15, 0.2) is 0 Å². The summed E-state index contributed by atoms with van der Waals surface area (Å²) in [4.78, 5) is 0. The second-order valence-electron chi connectivity index (χ2n) is 4.27. The molecular weight excluding hydrogens is 361 g/mol. The largest absolute Gasteiger partial charge is 0.496 e.